The number of rotatable bonds is 8. The van der Waals surface area contributed by atoms with E-state index in [1.54, 1.807) is 0 Å². The van der Waals surface area contributed by atoms with Crippen LogP contribution in [-0.4, -0.2) is 36.9 Å². The second kappa shape index (κ2) is 9.44. The number of hydrogen-bond acceptors (Lipinski definition) is 3. The van der Waals surface area contributed by atoms with Crippen LogP contribution in [0, 0.1) is 5.92 Å². The highest BCUT2D eigenvalue weighted by atomic mass is 16.2. The highest BCUT2D eigenvalue weighted by molar-refractivity contribution is 5.91. The summed E-state index contributed by atoms with van der Waals surface area (Å²) in [5, 5.41) is 2.91. The van der Waals surface area contributed by atoms with Crippen LogP contribution in [0.3, 0.4) is 0 Å². The summed E-state index contributed by atoms with van der Waals surface area (Å²) in [5.74, 6) is 0.510. The van der Waals surface area contributed by atoms with E-state index < -0.39 is 0 Å². The summed E-state index contributed by atoms with van der Waals surface area (Å²) in [5.41, 5.74) is 2.86. The molecule has 140 valence electrons. The Kier molecular flexibility index (Phi) is 7.94. The normalized spacial score (nSPS) is 12.0. The minimum absolute atomic E-state index is 0.0133. The third-order valence-corrected chi connectivity index (χ3v) is 4.59. The second-order valence-corrected chi connectivity index (χ2v) is 7.00. The summed E-state index contributed by atoms with van der Waals surface area (Å²) in [6, 6.07) is 6.03. The number of nitrogens with one attached hydrogen (secondary N) is 1. The summed E-state index contributed by atoms with van der Waals surface area (Å²) < 4.78 is 0. The summed E-state index contributed by atoms with van der Waals surface area (Å²) in [4.78, 5) is 28.2. The van der Waals surface area contributed by atoms with Crippen LogP contribution in [-0.2, 0) is 16.1 Å². The Hall–Kier alpha value is -2.04. The summed E-state index contributed by atoms with van der Waals surface area (Å²) in [6.45, 7) is 10.6. The van der Waals surface area contributed by atoms with Crippen LogP contribution in [0.4, 0.5) is 11.4 Å². The van der Waals surface area contributed by atoms with Gasteiger partial charge in [-0.25, -0.2) is 0 Å². The van der Waals surface area contributed by atoms with E-state index in [1.165, 1.54) is 0 Å². The van der Waals surface area contributed by atoms with Crippen LogP contribution in [0.5, 0.6) is 0 Å². The SMILES string of the molecule is CCC(=O)Nc1ccc(N(C)C)c(CN(C(=O)CC)[C@@H](C)C(C)C)c1. The van der Waals surface area contributed by atoms with E-state index in [4.69, 9.17) is 0 Å². The largest absolute Gasteiger partial charge is 0.377 e. The molecule has 0 unspecified atom stereocenters. The minimum atomic E-state index is -0.0133. The Morgan fingerprint density at radius 3 is 2.20 bits per heavy atom. The molecule has 0 aliphatic heterocycles. The second-order valence-electron chi connectivity index (χ2n) is 7.00. The van der Waals surface area contributed by atoms with E-state index in [0.717, 1.165) is 16.9 Å². The topological polar surface area (TPSA) is 52.7 Å². The summed E-state index contributed by atoms with van der Waals surface area (Å²) in [6.07, 6.45) is 0.927. The van der Waals surface area contributed by atoms with Crippen LogP contribution in [0.25, 0.3) is 0 Å². The van der Waals surface area contributed by atoms with E-state index in [1.807, 2.05) is 55.9 Å². The Morgan fingerprint density at radius 1 is 1.08 bits per heavy atom. The lowest BCUT2D eigenvalue weighted by Gasteiger charge is -2.33. The number of benzene rings is 1. The fourth-order valence-corrected chi connectivity index (χ4v) is 2.68. The van der Waals surface area contributed by atoms with Gasteiger partial charge < -0.3 is 15.1 Å². The molecule has 0 aromatic heterocycles. The van der Waals surface area contributed by atoms with Crippen molar-refractivity contribution in [1.29, 1.82) is 0 Å². The van der Waals surface area contributed by atoms with Crippen molar-refractivity contribution in [2.75, 3.05) is 24.3 Å². The van der Waals surface area contributed by atoms with Gasteiger partial charge in [-0.15, -0.1) is 0 Å². The maximum absolute atomic E-state index is 12.5. The van der Waals surface area contributed by atoms with Gasteiger partial charge in [0.05, 0.1) is 0 Å². The molecule has 0 fully saturated rings. The van der Waals surface area contributed by atoms with Crippen molar-refractivity contribution in [2.24, 2.45) is 5.92 Å². The first-order valence-corrected chi connectivity index (χ1v) is 9.10. The molecule has 0 spiro atoms. The molecule has 0 aliphatic carbocycles. The minimum Gasteiger partial charge on any atom is -0.377 e. The lowest BCUT2D eigenvalue weighted by molar-refractivity contribution is -0.134. The number of carbonyl (C=O) groups is 2. The first kappa shape index (κ1) is 21.0. The molecule has 0 aliphatic rings. The maximum Gasteiger partial charge on any atom is 0.224 e. The number of nitrogens with zero attached hydrogens (tertiary/aromatic N) is 2. The van der Waals surface area contributed by atoms with Crippen molar-refractivity contribution in [1.82, 2.24) is 4.90 Å². The quantitative estimate of drug-likeness (QED) is 0.776. The van der Waals surface area contributed by atoms with Gasteiger partial charge in [-0.2, -0.15) is 0 Å². The molecule has 1 atom stereocenters. The smallest absolute Gasteiger partial charge is 0.224 e. The predicted octanol–water partition coefficient (Wildman–Crippen LogP) is 3.88. The average Bonchev–Trinajstić information content (AvgIpc) is 2.57. The summed E-state index contributed by atoms with van der Waals surface area (Å²) in [7, 11) is 3.97. The van der Waals surface area contributed by atoms with Gasteiger partial charge in [-0.1, -0.05) is 27.7 Å². The van der Waals surface area contributed by atoms with Crippen molar-refractivity contribution in [3.8, 4) is 0 Å². The number of amides is 2. The van der Waals surface area contributed by atoms with Gasteiger partial charge in [0.1, 0.15) is 0 Å². The fraction of sp³-hybridized carbons (Fsp3) is 0.600. The molecule has 0 bridgehead atoms. The highest BCUT2D eigenvalue weighted by Crippen LogP contribution is 2.26. The Bertz CT molecular complexity index is 597. The van der Waals surface area contributed by atoms with Crippen molar-refractivity contribution in [3.05, 3.63) is 23.8 Å². The molecule has 0 heterocycles. The first-order valence-electron chi connectivity index (χ1n) is 9.10. The van der Waals surface area contributed by atoms with Crippen LogP contribution in [0.15, 0.2) is 18.2 Å². The fourth-order valence-electron chi connectivity index (χ4n) is 2.68. The van der Waals surface area contributed by atoms with E-state index in [-0.39, 0.29) is 17.9 Å². The van der Waals surface area contributed by atoms with E-state index in [0.29, 0.717) is 25.3 Å². The van der Waals surface area contributed by atoms with Crippen LogP contribution in [0.1, 0.15) is 53.0 Å². The summed E-state index contributed by atoms with van der Waals surface area (Å²) >= 11 is 0. The van der Waals surface area contributed by atoms with Crippen LogP contribution >= 0.6 is 0 Å². The zero-order chi connectivity index (χ0) is 19.1. The average molecular weight is 348 g/mol. The molecule has 25 heavy (non-hydrogen) atoms. The van der Waals surface area contributed by atoms with Crippen LogP contribution in [0.2, 0.25) is 0 Å². The standard InChI is InChI=1S/C20H33N3O2/c1-8-19(24)21-17-10-11-18(22(6)7)16(12-17)13-23(20(25)9-2)15(5)14(3)4/h10-12,14-15H,8-9,13H2,1-7H3,(H,21,24)/t15-/m0/s1. The third kappa shape index (κ3) is 5.76. The molecule has 1 aromatic carbocycles. The molecule has 1 N–H and O–H groups in total. The van der Waals surface area contributed by atoms with E-state index in [9.17, 15) is 9.59 Å². The molecule has 5 nitrogen and oxygen atoms in total. The maximum atomic E-state index is 12.5. The Labute approximate surface area is 152 Å². The van der Waals surface area contributed by atoms with Gasteiger partial charge in [0.2, 0.25) is 11.8 Å². The van der Waals surface area contributed by atoms with Gasteiger partial charge in [-0.05, 0) is 36.6 Å². The Morgan fingerprint density at radius 2 is 1.72 bits per heavy atom. The van der Waals surface area contributed by atoms with Crippen LogP contribution < -0.4 is 10.2 Å². The molecule has 0 saturated carbocycles. The van der Waals surface area contributed by atoms with Gasteiger partial charge in [0.25, 0.3) is 0 Å². The zero-order valence-electron chi connectivity index (χ0n) is 16.7. The number of hydrogen-bond donors (Lipinski definition) is 1. The molecule has 0 radical (unpaired) electrons. The predicted molar refractivity (Wildman–Crippen MR) is 105 cm³/mol. The van der Waals surface area contributed by atoms with Crippen molar-refractivity contribution in [3.63, 3.8) is 0 Å². The lowest BCUT2D eigenvalue weighted by atomic mass is 10.0. The number of anilines is 2. The third-order valence-electron chi connectivity index (χ3n) is 4.59. The van der Waals surface area contributed by atoms with E-state index >= 15 is 0 Å². The van der Waals surface area contributed by atoms with Crippen molar-refractivity contribution in [2.45, 2.75) is 60.0 Å². The highest BCUT2D eigenvalue weighted by Gasteiger charge is 2.23. The number of carbonyl (C=O) groups excluding carboxylic acids is 2. The molecule has 1 aromatic rings. The Balaban J connectivity index is 3.22. The van der Waals surface area contributed by atoms with Gasteiger partial charge in [-0.3, -0.25) is 9.59 Å². The van der Waals surface area contributed by atoms with Gasteiger partial charge in [0, 0.05) is 50.9 Å². The lowest BCUT2D eigenvalue weighted by Crippen LogP contribution is -2.40. The molecular weight excluding hydrogens is 314 g/mol. The van der Waals surface area contributed by atoms with Crippen molar-refractivity contribution < 1.29 is 9.59 Å². The molecule has 2 amide bonds. The van der Waals surface area contributed by atoms with E-state index in [2.05, 4.69) is 26.1 Å². The monoisotopic (exact) mass is 347 g/mol. The molecule has 1 rings (SSSR count). The molecular formula is C20H33N3O2. The molecule has 0 saturated heterocycles. The zero-order valence-corrected chi connectivity index (χ0v) is 16.7. The first-order chi connectivity index (χ1) is 11.7. The molecule has 5 heteroatoms. The van der Waals surface area contributed by atoms with Gasteiger partial charge >= 0.3 is 0 Å². The van der Waals surface area contributed by atoms with Crippen molar-refractivity contribution >= 4 is 23.2 Å². The van der Waals surface area contributed by atoms with Gasteiger partial charge in [0.15, 0.2) is 0 Å².